The first-order chi connectivity index (χ1) is 28.7. The van der Waals surface area contributed by atoms with Crippen LogP contribution >= 0.6 is 31.9 Å². The Kier molecular flexibility index (Phi) is 31.5. The van der Waals surface area contributed by atoms with Crippen molar-refractivity contribution < 1.29 is 9.84 Å². The minimum Gasteiger partial charge on any atom is -0.493 e. The van der Waals surface area contributed by atoms with Gasteiger partial charge >= 0.3 is 0 Å². The lowest BCUT2D eigenvalue weighted by atomic mass is 9.76. The van der Waals surface area contributed by atoms with Gasteiger partial charge in [-0.3, -0.25) is 0 Å². The third kappa shape index (κ3) is 39.9. The maximum atomic E-state index is 9.64. The molecule has 1 N–H and O–H groups in total. The molecule has 9 unspecified atom stereocenters. The largest absolute Gasteiger partial charge is 0.493 e. The van der Waals surface area contributed by atoms with Gasteiger partial charge in [0, 0.05) is 16.4 Å². The van der Waals surface area contributed by atoms with Crippen molar-refractivity contribution in [3.63, 3.8) is 0 Å². The Bertz CT molecular complexity index is 1220. The molecule has 1 aromatic rings. The van der Waals surface area contributed by atoms with E-state index >= 15 is 0 Å². The molecule has 64 heavy (non-hydrogen) atoms. The molecule has 9 atom stereocenters. The quantitative estimate of drug-likeness (QED) is 0.111. The summed E-state index contributed by atoms with van der Waals surface area (Å²) in [7, 11) is 0. The molecule has 0 spiro atoms. The topological polar surface area (TPSA) is 29.5 Å². The summed E-state index contributed by atoms with van der Waals surface area (Å²) in [6.45, 7) is 57.5. The summed E-state index contributed by atoms with van der Waals surface area (Å²) in [5.41, 5.74) is 2.50. The van der Waals surface area contributed by atoms with E-state index < -0.39 is 0 Å². The molecule has 0 aromatic heterocycles. The summed E-state index contributed by atoms with van der Waals surface area (Å²) in [6, 6.07) is 8.21. The first kappa shape index (κ1) is 66.0. The van der Waals surface area contributed by atoms with Crippen molar-refractivity contribution in [2.24, 2.45) is 85.8 Å². The minimum atomic E-state index is 0.347. The fourth-order valence-electron chi connectivity index (χ4n) is 10.7. The Labute approximate surface area is 421 Å². The highest BCUT2D eigenvalue weighted by Crippen LogP contribution is 2.37. The third-order valence-corrected chi connectivity index (χ3v) is 14.3. The Balaban J connectivity index is 0. The number of hydrogen-bond acceptors (Lipinski definition) is 2. The van der Waals surface area contributed by atoms with E-state index in [9.17, 15) is 5.11 Å². The fourth-order valence-corrected chi connectivity index (χ4v) is 11.9. The van der Waals surface area contributed by atoms with E-state index in [1.165, 1.54) is 77.0 Å². The SMILES string of the molecule is CC(CCC(CBr)C(C)CC(C)(C)C)CC(C)(C)C.CC(CCC(CO)C(C)CC(C)(C)C)CC(C)(C)C.CC(CCC(COc1ccc(Br)cc1)C(C)CC(C)(C)C)CC(C)(C)C. The summed E-state index contributed by atoms with van der Waals surface area (Å²) in [4.78, 5) is 0. The first-order valence-corrected chi connectivity index (χ1v) is 28.2. The van der Waals surface area contributed by atoms with Crippen LogP contribution in [0.1, 0.15) is 243 Å². The van der Waals surface area contributed by atoms with Gasteiger partial charge < -0.3 is 9.84 Å². The van der Waals surface area contributed by atoms with E-state index in [0.29, 0.717) is 62.8 Å². The highest BCUT2D eigenvalue weighted by atomic mass is 79.9. The van der Waals surface area contributed by atoms with Gasteiger partial charge in [0.15, 0.2) is 0 Å². The van der Waals surface area contributed by atoms with Crippen LogP contribution in [0.2, 0.25) is 0 Å². The van der Waals surface area contributed by atoms with E-state index in [2.05, 4.69) is 210 Å². The van der Waals surface area contributed by atoms with Crippen molar-refractivity contribution in [3.05, 3.63) is 28.7 Å². The van der Waals surface area contributed by atoms with Gasteiger partial charge in [-0.05, 0) is 168 Å². The van der Waals surface area contributed by atoms with Gasteiger partial charge in [0.1, 0.15) is 5.75 Å². The molecule has 1 rings (SSSR count). The Morgan fingerprint density at radius 3 is 1.00 bits per heavy atom. The summed E-state index contributed by atoms with van der Waals surface area (Å²) >= 11 is 7.23. The van der Waals surface area contributed by atoms with Crippen molar-refractivity contribution in [3.8, 4) is 5.75 Å². The predicted molar refractivity (Wildman–Crippen MR) is 298 cm³/mol. The summed E-state index contributed by atoms with van der Waals surface area (Å²) in [5, 5.41) is 10.8. The predicted octanol–water partition coefficient (Wildman–Crippen LogP) is 20.8. The lowest BCUT2D eigenvalue weighted by Gasteiger charge is -2.31. The van der Waals surface area contributed by atoms with Crippen LogP contribution in [0.4, 0.5) is 0 Å². The number of ether oxygens (including phenoxy) is 1. The van der Waals surface area contributed by atoms with E-state index in [1.807, 2.05) is 12.1 Å². The lowest BCUT2D eigenvalue weighted by Crippen LogP contribution is -2.25. The number of benzene rings is 1. The third-order valence-electron chi connectivity index (χ3n) is 12.9. The average molecular weight is 1030 g/mol. The molecule has 0 heterocycles. The highest BCUT2D eigenvalue weighted by molar-refractivity contribution is 9.10. The van der Waals surface area contributed by atoms with E-state index in [4.69, 9.17) is 4.74 Å². The van der Waals surface area contributed by atoms with Gasteiger partial charge in [0.25, 0.3) is 0 Å². The number of aliphatic hydroxyl groups is 1. The summed E-state index contributed by atoms with van der Waals surface area (Å²) < 4.78 is 7.27. The summed E-state index contributed by atoms with van der Waals surface area (Å²) in [6.07, 6.45) is 15.4. The fraction of sp³-hybridized carbons (Fsp3) is 0.900. The van der Waals surface area contributed by atoms with Crippen molar-refractivity contribution >= 4 is 31.9 Å². The van der Waals surface area contributed by atoms with Crippen molar-refractivity contribution in [2.45, 2.75) is 243 Å². The molecule has 0 aliphatic rings. The zero-order valence-electron chi connectivity index (χ0n) is 47.7. The molecule has 0 saturated carbocycles. The summed E-state index contributed by atoms with van der Waals surface area (Å²) in [5.74, 6) is 7.39. The van der Waals surface area contributed by atoms with Gasteiger partial charge in [0.05, 0.1) is 6.61 Å². The molecule has 0 radical (unpaired) electrons. The normalized spacial score (nSPS) is 17.4. The van der Waals surface area contributed by atoms with Crippen molar-refractivity contribution in [1.29, 1.82) is 0 Å². The molecular formula is C60H116Br2O2. The first-order valence-electron chi connectivity index (χ1n) is 26.3. The molecule has 4 heteroatoms. The number of hydrogen-bond donors (Lipinski definition) is 1. The Morgan fingerprint density at radius 1 is 0.422 bits per heavy atom. The second-order valence-electron chi connectivity index (χ2n) is 29.0. The zero-order valence-corrected chi connectivity index (χ0v) is 50.9. The smallest absolute Gasteiger partial charge is 0.119 e. The molecule has 0 aliphatic heterocycles. The second kappa shape index (κ2) is 30.5. The van der Waals surface area contributed by atoms with Crippen molar-refractivity contribution in [2.75, 3.05) is 18.5 Å². The van der Waals surface area contributed by atoms with Gasteiger partial charge in [-0.15, -0.1) is 0 Å². The highest BCUT2D eigenvalue weighted by Gasteiger charge is 2.27. The number of halogens is 2. The molecule has 0 fully saturated rings. The van der Waals surface area contributed by atoms with Crippen LogP contribution in [0.5, 0.6) is 5.75 Å². The molecular weight excluding hydrogens is 912 g/mol. The van der Waals surface area contributed by atoms with Crippen LogP contribution in [0.15, 0.2) is 28.7 Å². The molecule has 0 aliphatic carbocycles. The monoisotopic (exact) mass is 1030 g/mol. The Morgan fingerprint density at radius 2 is 0.703 bits per heavy atom. The standard InChI is InChI=1S/C24H41BrO.C18H37Br.C18H38O/c1-18(15-23(3,4)5)9-10-20(19(2)16-24(6,7)8)17-26-22-13-11-21(25)12-14-22;2*1-14(11-17(3,4)5)9-10-16(13-19)15(2)12-18(6,7)8/h11-14,18-20H,9-10,15-17H2,1-8H3;14-16H,9-13H2,1-8H3;14-16,19H,9-13H2,1-8H3. The van der Waals surface area contributed by atoms with Crippen LogP contribution in [0.25, 0.3) is 0 Å². The second-order valence-corrected chi connectivity index (χ2v) is 30.5. The van der Waals surface area contributed by atoms with Gasteiger partial charge in [-0.2, -0.15) is 0 Å². The van der Waals surface area contributed by atoms with Crippen LogP contribution in [0, 0.1) is 85.8 Å². The van der Waals surface area contributed by atoms with Gasteiger partial charge in [0.2, 0.25) is 0 Å². The van der Waals surface area contributed by atoms with Gasteiger partial charge in [-0.25, -0.2) is 0 Å². The minimum absolute atomic E-state index is 0.347. The molecule has 382 valence electrons. The molecule has 0 amide bonds. The molecule has 1 aromatic carbocycles. The van der Waals surface area contributed by atoms with Crippen LogP contribution in [0.3, 0.4) is 0 Å². The van der Waals surface area contributed by atoms with E-state index in [1.54, 1.807) is 0 Å². The van der Waals surface area contributed by atoms with E-state index in [-0.39, 0.29) is 0 Å². The Hall–Kier alpha value is -0.0600. The van der Waals surface area contributed by atoms with E-state index in [0.717, 1.165) is 51.7 Å². The number of alkyl halides is 1. The van der Waals surface area contributed by atoms with Crippen LogP contribution in [-0.4, -0.2) is 23.7 Å². The lowest BCUT2D eigenvalue weighted by molar-refractivity contribution is 0.135. The molecule has 0 bridgehead atoms. The number of aliphatic hydroxyl groups excluding tert-OH is 1. The van der Waals surface area contributed by atoms with Gasteiger partial charge in [-0.1, -0.05) is 217 Å². The molecule has 0 saturated heterocycles. The molecule has 2 nitrogen and oxygen atoms in total. The number of rotatable bonds is 23. The zero-order chi connectivity index (χ0) is 50.5. The van der Waals surface area contributed by atoms with Crippen LogP contribution < -0.4 is 4.74 Å². The maximum Gasteiger partial charge on any atom is 0.119 e. The maximum absolute atomic E-state index is 9.64. The average Bonchev–Trinajstić information content (AvgIpc) is 3.05. The van der Waals surface area contributed by atoms with Crippen molar-refractivity contribution in [1.82, 2.24) is 0 Å². The van der Waals surface area contributed by atoms with Crippen LogP contribution in [-0.2, 0) is 0 Å².